The minimum Gasteiger partial charge on any atom is -0.355 e. The molecule has 1 aliphatic rings. The van der Waals surface area contributed by atoms with E-state index in [-0.39, 0.29) is 32.7 Å². The van der Waals surface area contributed by atoms with Crippen LogP contribution in [0, 0.1) is 0 Å². The van der Waals surface area contributed by atoms with Crippen LogP contribution in [-0.4, -0.2) is 11.6 Å². The van der Waals surface area contributed by atoms with Crippen molar-refractivity contribution in [1.82, 2.24) is 0 Å². The van der Waals surface area contributed by atoms with Crippen molar-refractivity contribution < 1.29 is 9.59 Å². The Balaban J connectivity index is 1.88. The van der Waals surface area contributed by atoms with Crippen molar-refractivity contribution in [2.24, 2.45) is 0 Å². The summed E-state index contributed by atoms with van der Waals surface area (Å²) in [5.41, 5.74) is 2.67. The molecule has 3 aromatic rings. The Kier molecular flexibility index (Phi) is 3.83. The third kappa shape index (κ3) is 2.62. The van der Waals surface area contributed by atoms with Crippen LogP contribution in [0.2, 0.25) is 10.0 Å². The van der Waals surface area contributed by atoms with E-state index in [1.807, 2.05) is 30.3 Å². The van der Waals surface area contributed by atoms with E-state index in [9.17, 15) is 9.59 Å². The third-order valence-corrected chi connectivity index (χ3v) is 4.86. The van der Waals surface area contributed by atoms with Gasteiger partial charge < -0.3 is 5.32 Å². The number of carbonyl (C=O) groups excluding carboxylic acids is 2. The highest BCUT2D eigenvalue weighted by atomic mass is 35.5. The Morgan fingerprint density at radius 2 is 1.32 bits per heavy atom. The summed E-state index contributed by atoms with van der Waals surface area (Å²) in [6.07, 6.45) is 0. The molecule has 4 rings (SSSR count). The van der Waals surface area contributed by atoms with Crippen LogP contribution in [0.15, 0.2) is 60.7 Å². The van der Waals surface area contributed by atoms with Gasteiger partial charge in [0, 0.05) is 22.4 Å². The van der Waals surface area contributed by atoms with E-state index in [0.717, 1.165) is 5.69 Å². The zero-order valence-corrected chi connectivity index (χ0v) is 14.4. The second-order valence-electron chi connectivity index (χ2n) is 5.69. The second kappa shape index (κ2) is 6.03. The third-order valence-electron chi connectivity index (χ3n) is 4.14. The van der Waals surface area contributed by atoms with Gasteiger partial charge in [-0.1, -0.05) is 53.5 Å². The van der Waals surface area contributed by atoms with Gasteiger partial charge in [0.15, 0.2) is 11.6 Å². The standard InChI is InChI=1S/C20H11Cl2NO2/c21-15-9-13-14(10-16(15)22)20(25)18-12(19(13)24)7-4-8-17(18)23-11-5-2-1-3-6-11/h1-10,23H. The molecule has 5 heteroatoms. The van der Waals surface area contributed by atoms with Gasteiger partial charge in [-0.3, -0.25) is 9.59 Å². The number of hydrogen-bond donors (Lipinski definition) is 1. The van der Waals surface area contributed by atoms with Crippen LogP contribution in [0.5, 0.6) is 0 Å². The van der Waals surface area contributed by atoms with Gasteiger partial charge >= 0.3 is 0 Å². The maximum atomic E-state index is 13.0. The first-order valence-electron chi connectivity index (χ1n) is 7.60. The first-order chi connectivity index (χ1) is 12.1. The van der Waals surface area contributed by atoms with E-state index in [0.29, 0.717) is 16.8 Å². The zero-order chi connectivity index (χ0) is 17.6. The lowest BCUT2D eigenvalue weighted by Gasteiger charge is -2.21. The minimum absolute atomic E-state index is 0.236. The molecule has 0 radical (unpaired) electrons. The Labute approximate surface area is 154 Å². The number of carbonyl (C=O) groups is 2. The normalized spacial score (nSPS) is 12.6. The molecule has 0 saturated carbocycles. The molecular weight excluding hydrogens is 357 g/mol. The molecule has 0 amide bonds. The van der Waals surface area contributed by atoms with E-state index < -0.39 is 0 Å². The number of ketones is 2. The van der Waals surface area contributed by atoms with Gasteiger partial charge in [-0.25, -0.2) is 0 Å². The highest BCUT2D eigenvalue weighted by Gasteiger charge is 2.32. The Bertz CT molecular complexity index is 1030. The molecule has 0 fully saturated rings. The van der Waals surface area contributed by atoms with Crippen LogP contribution in [0.25, 0.3) is 0 Å². The summed E-state index contributed by atoms with van der Waals surface area (Å²) in [6.45, 7) is 0. The summed E-state index contributed by atoms with van der Waals surface area (Å²) in [5.74, 6) is -0.484. The number of nitrogens with one attached hydrogen (secondary N) is 1. The van der Waals surface area contributed by atoms with E-state index in [1.54, 1.807) is 18.2 Å². The SMILES string of the molecule is O=C1c2cc(Cl)c(Cl)cc2C(=O)c2c(Nc3ccccc3)cccc21. The number of anilines is 2. The summed E-state index contributed by atoms with van der Waals surface area (Å²) >= 11 is 12.1. The van der Waals surface area contributed by atoms with Crippen molar-refractivity contribution in [2.75, 3.05) is 5.32 Å². The monoisotopic (exact) mass is 367 g/mol. The lowest BCUT2D eigenvalue weighted by molar-refractivity contribution is 0.0979. The highest BCUT2D eigenvalue weighted by Crippen LogP contribution is 2.36. The van der Waals surface area contributed by atoms with Crippen LogP contribution >= 0.6 is 23.2 Å². The van der Waals surface area contributed by atoms with Gasteiger partial charge in [0.1, 0.15) is 0 Å². The number of para-hydroxylation sites is 1. The van der Waals surface area contributed by atoms with Crippen LogP contribution in [0.4, 0.5) is 11.4 Å². The molecule has 0 unspecified atom stereocenters. The predicted octanol–water partition coefficient (Wildman–Crippen LogP) is 5.51. The fourth-order valence-corrected chi connectivity index (χ4v) is 3.30. The number of halogens is 2. The molecule has 1 aliphatic carbocycles. The van der Waals surface area contributed by atoms with Crippen molar-refractivity contribution in [1.29, 1.82) is 0 Å². The van der Waals surface area contributed by atoms with Gasteiger partial charge in [-0.15, -0.1) is 0 Å². The number of hydrogen-bond acceptors (Lipinski definition) is 3. The molecule has 25 heavy (non-hydrogen) atoms. The molecular formula is C20H11Cl2NO2. The van der Waals surface area contributed by atoms with Crippen LogP contribution in [0.3, 0.4) is 0 Å². The average molecular weight is 368 g/mol. The fourth-order valence-electron chi connectivity index (χ4n) is 2.97. The largest absolute Gasteiger partial charge is 0.355 e. The molecule has 3 nitrogen and oxygen atoms in total. The lowest BCUT2D eigenvalue weighted by atomic mass is 9.83. The molecule has 0 saturated heterocycles. The van der Waals surface area contributed by atoms with Gasteiger partial charge in [-0.05, 0) is 30.3 Å². The number of fused-ring (bicyclic) bond motifs is 2. The van der Waals surface area contributed by atoms with E-state index in [2.05, 4.69) is 5.32 Å². The Morgan fingerprint density at radius 3 is 2.00 bits per heavy atom. The van der Waals surface area contributed by atoms with Crippen LogP contribution in [-0.2, 0) is 0 Å². The van der Waals surface area contributed by atoms with E-state index >= 15 is 0 Å². The summed E-state index contributed by atoms with van der Waals surface area (Å²) in [6, 6.07) is 17.6. The Hall–Kier alpha value is -2.62. The maximum Gasteiger partial charge on any atom is 0.196 e. The second-order valence-corrected chi connectivity index (χ2v) is 6.50. The molecule has 0 aromatic heterocycles. The predicted molar refractivity (Wildman–Crippen MR) is 99.5 cm³/mol. The van der Waals surface area contributed by atoms with Crippen molar-refractivity contribution in [3.05, 3.63) is 93.0 Å². The van der Waals surface area contributed by atoms with Gasteiger partial charge in [0.2, 0.25) is 0 Å². The molecule has 0 spiro atoms. The van der Waals surface area contributed by atoms with Crippen LogP contribution in [0.1, 0.15) is 31.8 Å². The smallest absolute Gasteiger partial charge is 0.196 e. The maximum absolute atomic E-state index is 13.0. The fraction of sp³-hybridized carbons (Fsp3) is 0. The quantitative estimate of drug-likeness (QED) is 0.507. The number of rotatable bonds is 2. The summed E-state index contributed by atoms with van der Waals surface area (Å²) < 4.78 is 0. The zero-order valence-electron chi connectivity index (χ0n) is 12.8. The molecule has 0 aliphatic heterocycles. The van der Waals surface area contributed by atoms with Crippen molar-refractivity contribution in [2.45, 2.75) is 0 Å². The molecule has 0 atom stereocenters. The topological polar surface area (TPSA) is 46.2 Å². The van der Waals surface area contributed by atoms with E-state index in [4.69, 9.17) is 23.2 Å². The molecule has 1 N–H and O–H groups in total. The average Bonchev–Trinajstić information content (AvgIpc) is 2.62. The molecule has 3 aromatic carbocycles. The van der Waals surface area contributed by atoms with Gasteiger partial charge in [0.05, 0.1) is 21.3 Å². The van der Waals surface area contributed by atoms with Crippen LogP contribution < -0.4 is 5.32 Å². The van der Waals surface area contributed by atoms with Crippen molar-refractivity contribution in [3.8, 4) is 0 Å². The van der Waals surface area contributed by atoms with Crippen molar-refractivity contribution >= 4 is 46.1 Å². The summed E-state index contributed by atoms with van der Waals surface area (Å²) in [4.78, 5) is 25.9. The van der Waals surface area contributed by atoms with E-state index in [1.165, 1.54) is 12.1 Å². The van der Waals surface area contributed by atoms with Gasteiger partial charge in [-0.2, -0.15) is 0 Å². The van der Waals surface area contributed by atoms with Gasteiger partial charge in [0.25, 0.3) is 0 Å². The number of benzene rings is 3. The first kappa shape index (κ1) is 15.9. The molecule has 0 heterocycles. The lowest BCUT2D eigenvalue weighted by Crippen LogP contribution is -2.22. The summed E-state index contributed by atoms with van der Waals surface area (Å²) in [7, 11) is 0. The molecule has 122 valence electrons. The first-order valence-corrected chi connectivity index (χ1v) is 8.35. The van der Waals surface area contributed by atoms with Crippen molar-refractivity contribution in [3.63, 3.8) is 0 Å². The minimum atomic E-state index is -0.248. The Morgan fingerprint density at radius 1 is 0.680 bits per heavy atom. The summed E-state index contributed by atoms with van der Waals surface area (Å²) in [5, 5.41) is 3.71. The highest BCUT2D eigenvalue weighted by molar-refractivity contribution is 6.43. The molecule has 0 bridgehead atoms.